The van der Waals surface area contributed by atoms with Gasteiger partial charge in [-0.05, 0) is 6.08 Å². The average molecular weight is 163 g/mol. The second-order valence-corrected chi connectivity index (χ2v) is 2.95. The predicted molar refractivity (Wildman–Crippen MR) is 44.0 cm³/mol. The summed E-state index contributed by atoms with van der Waals surface area (Å²) in [6.45, 7) is 0. The van der Waals surface area contributed by atoms with Crippen molar-refractivity contribution in [3.05, 3.63) is 24.3 Å². The molecule has 3 heteroatoms. The molecule has 1 heterocycles. The van der Waals surface area contributed by atoms with Crippen LogP contribution in [-0.2, 0) is 9.53 Å². The molecule has 3 nitrogen and oxygen atoms in total. The van der Waals surface area contributed by atoms with E-state index in [9.17, 15) is 4.79 Å². The van der Waals surface area contributed by atoms with Gasteiger partial charge in [0.05, 0.1) is 12.3 Å². The average Bonchev–Trinajstić information content (AvgIpc) is 2.04. The quantitative estimate of drug-likeness (QED) is 0.543. The van der Waals surface area contributed by atoms with Crippen LogP contribution in [0.5, 0.6) is 0 Å². The van der Waals surface area contributed by atoms with E-state index >= 15 is 0 Å². The van der Waals surface area contributed by atoms with Crippen molar-refractivity contribution in [3.63, 3.8) is 0 Å². The Labute approximate surface area is 70.2 Å². The maximum atomic E-state index is 10.9. The number of nitrogens with one attached hydrogen (secondary N) is 1. The molecule has 62 valence electrons. The van der Waals surface area contributed by atoms with Gasteiger partial charge in [0, 0.05) is 5.71 Å². The highest BCUT2D eigenvalue weighted by Gasteiger charge is 2.32. The fraction of sp³-hybridized carbons (Fsp3) is 0.333. The van der Waals surface area contributed by atoms with Crippen molar-refractivity contribution in [2.45, 2.75) is 12.5 Å². The van der Waals surface area contributed by atoms with Crippen molar-refractivity contribution < 1.29 is 9.53 Å². The first kappa shape index (κ1) is 7.28. The summed E-state index contributed by atoms with van der Waals surface area (Å²) >= 11 is 0. The standard InChI is InChI=1S/C9H9NO2/c10-7-5-9(11)12-8-4-2-1-3-6(7)8/h1-4,6,8,10H,5H2. The molecule has 0 radical (unpaired) electrons. The number of rotatable bonds is 0. The van der Waals surface area contributed by atoms with Crippen LogP contribution >= 0.6 is 0 Å². The Hall–Kier alpha value is -1.38. The second-order valence-electron chi connectivity index (χ2n) is 2.95. The van der Waals surface area contributed by atoms with E-state index in [-0.39, 0.29) is 24.4 Å². The van der Waals surface area contributed by atoms with Gasteiger partial charge in [0.2, 0.25) is 0 Å². The Balaban J connectivity index is 2.25. The van der Waals surface area contributed by atoms with Crippen molar-refractivity contribution in [3.8, 4) is 0 Å². The highest BCUT2D eigenvalue weighted by molar-refractivity contribution is 6.02. The van der Waals surface area contributed by atoms with Gasteiger partial charge in [-0.15, -0.1) is 0 Å². The fourth-order valence-corrected chi connectivity index (χ4v) is 1.48. The van der Waals surface area contributed by atoms with Crippen molar-refractivity contribution in [2.75, 3.05) is 0 Å². The third kappa shape index (κ3) is 1.07. The smallest absolute Gasteiger partial charge is 0.312 e. The van der Waals surface area contributed by atoms with Crippen molar-refractivity contribution in [1.29, 1.82) is 5.41 Å². The SMILES string of the molecule is N=C1CC(=O)OC2C=CC=CC12. The molecular formula is C9H9NO2. The number of hydrogen-bond donors (Lipinski definition) is 1. The molecule has 0 spiro atoms. The molecular weight excluding hydrogens is 154 g/mol. The van der Waals surface area contributed by atoms with Crippen molar-refractivity contribution in [1.82, 2.24) is 0 Å². The number of ether oxygens (including phenoxy) is 1. The summed E-state index contributed by atoms with van der Waals surface area (Å²) in [5.41, 5.74) is 0.455. The summed E-state index contributed by atoms with van der Waals surface area (Å²) in [7, 11) is 0. The molecule has 2 atom stereocenters. The van der Waals surface area contributed by atoms with Crippen molar-refractivity contribution in [2.24, 2.45) is 5.92 Å². The van der Waals surface area contributed by atoms with Gasteiger partial charge in [0.15, 0.2) is 0 Å². The van der Waals surface area contributed by atoms with Crippen LogP contribution in [0.1, 0.15) is 6.42 Å². The number of carbonyl (C=O) groups is 1. The molecule has 2 rings (SSSR count). The molecule has 0 saturated carbocycles. The number of hydrogen-bond acceptors (Lipinski definition) is 3. The van der Waals surface area contributed by atoms with Gasteiger partial charge in [-0.3, -0.25) is 4.79 Å². The van der Waals surface area contributed by atoms with Crippen LogP contribution < -0.4 is 0 Å². The van der Waals surface area contributed by atoms with Gasteiger partial charge in [-0.1, -0.05) is 18.2 Å². The van der Waals surface area contributed by atoms with Crippen LogP contribution in [0.4, 0.5) is 0 Å². The van der Waals surface area contributed by atoms with E-state index in [2.05, 4.69) is 0 Å². The Morgan fingerprint density at radius 2 is 2.17 bits per heavy atom. The maximum Gasteiger partial charge on any atom is 0.312 e. The minimum absolute atomic E-state index is 0.0206. The third-order valence-electron chi connectivity index (χ3n) is 2.09. The number of esters is 1. The summed E-state index contributed by atoms with van der Waals surface area (Å²) in [5, 5.41) is 7.56. The number of fused-ring (bicyclic) bond motifs is 1. The van der Waals surface area contributed by atoms with Crippen LogP contribution in [0.3, 0.4) is 0 Å². The molecule has 2 unspecified atom stereocenters. The topological polar surface area (TPSA) is 50.2 Å². The lowest BCUT2D eigenvalue weighted by atomic mass is 9.89. The van der Waals surface area contributed by atoms with E-state index in [1.54, 1.807) is 0 Å². The zero-order valence-electron chi connectivity index (χ0n) is 6.49. The lowest BCUT2D eigenvalue weighted by Crippen LogP contribution is -2.37. The fourth-order valence-electron chi connectivity index (χ4n) is 1.48. The van der Waals surface area contributed by atoms with Crippen LogP contribution in [-0.4, -0.2) is 17.8 Å². The minimum Gasteiger partial charge on any atom is -0.457 e. The van der Waals surface area contributed by atoms with E-state index in [1.807, 2.05) is 24.3 Å². The second kappa shape index (κ2) is 2.59. The summed E-state index contributed by atoms with van der Waals surface area (Å²) < 4.78 is 5.04. The lowest BCUT2D eigenvalue weighted by molar-refractivity contribution is -0.148. The number of allylic oxidation sites excluding steroid dienone is 2. The Morgan fingerprint density at radius 3 is 3.00 bits per heavy atom. The maximum absolute atomic E-state index is 10.9. The molecule has 12 heavy (non-hydrogen) atoms. The Bertz CT molecular complexity index is 291. The van der Waals surface area contributed by atoms with Gasteiger partial charge in [-0.2, -0.15) is 0 Å². The Morgan fingerprint density at radius 1 is 1.42 bits per heavy atom. The summed E-state index contributed by atoms with van der Waals surface area (Å²) in [4.78, 5) is 10.9. The molecule has 2 aliphatic rings. The third-order valence-corrected chi connectivity index (χ3v) is 2.09. The Kier molecular flexibility index (Phi) is 1.57. The van der Waals surface area contributed by atoms with Gasteiger partial charge < -0.3 is 10.1 Å². The zero-order valence-corrected chi connectivity index (χ0v) is 6.49. The molecule has 1 aliphatic heterocycles. The molecule has 0 bridgehead atoms. The monoisotopic (exact) mass is 163 g/mol. The van der Waals surface area contributed by atoms with Crippen molar-refractivity contribution >= 4 is 11.7 Å². The molecule has 0 aromatic heterocycles. The van der Waals surface area contributed by atoms with Crippen LogP contribution in [0.2, 0.25) is 0 Å². The molecule has 0 amide bonds. The van der Waals surface area contributed by atoms with Gasteiger partial charge in [0.1, 0.15) is 6.10 Å². The normalized spacial score (nSPS) is 33.0. The van der Waals surface area contributed by atoms with E-state index in [0.29, 0.717) is 5.71 Å². The molecule has 1 saturated heterocycles. The molecule has 0 aromatic rings. The summed E-state index contributed by atoms with van der Waals surface area (Å²) in [5.74, 6) is -0.311. The summed E-state index contributed by atoms with van der Waals surface area (Å²) in [6.07, 6.45) is 7.35. The molecule has 1 aliphatic carbocycles. The summed E-state index contributed by atoms with van der Waals surface area (Å²) in [6, 6.07) is 0. The van der Waals surface area contributed by atoms with Gasteiger partial charge >= 0.3 is 5.97 Å². The predicted octanol–water partition coefficient (Wildman–Crippen LogP) is 1.06. The van der Waals surface area contributed by atoms with E-state index in [0.717, 1.165) is 0 Å². The zero-order chi connectivity index (χ0) is 8.55. The van der Waals surface area contributed by atoms with Crippen LogP contribution in [0, 0.1) is 11.3 Å². The minimum atomic E-state index is -0.291. The van der Waals surface area contributed by atoms with E-state index in [4.69, 9.17) is 10.1 Å². The lowest BCUT2D eigenvalue weighted by Gasteiger charge is -2.28. The first-order valence-corrected chi connectivity index (χ1v) is 3.89. The van der Waals surface area contributed by atoms with Crippen LogP contribution in [0.15, 0.2) is 24.3 Å². The van der Waals surface area contributed by atoms with Gasteiger partial charge in [0.25, 0.3) is 0 Å². The molecule has 1 N–H and O–H groups in total. The first-order chi connectivity index (χ1) is 5.77. The largest absolute Gasteiger partial charge is 0.457 e. The van der Waals surface area contributed by atoms with E-state index in [1.165, 1.54) is 0 Å². The first-order valence-electron chi connectivity index (χ1n) is 3.89. The van der Waals surface area contributed by atoms with Gasteiger partial charge in [-0.25, -0.2) is 0 Å². The molecule has 0 aromatic carbocycles. The highest BCUT2D eigenvalue weighted by Crippen LogP contribution is 2.23. The molecule has 1 fully saturated rings. The van der Waals surface area contributed by atoms with E-state index < -0.39 is 0 Å². The number of carbonyl (C=O) groups excluding carboxylic acids is 1. The van der Waals surface area contributed by atoms with Crippen LogP contribution in [0.25, 0.3) is 0 Å². The highest BCUT2D eigenvalue weighted by atomic mass is 16.5.